The molecule has 3 heteroatoms. The van der Waals surface area contributed by atoms with Gasteiger partial charge in [0, 0.05) is 12.0 Å². The average Bonchev–Trinajstić information content (AvgIpc) is 2.78. The Kier molecular flexibility index (Phi) is 3.77. The molecular formula is C12H25N3. The lowest BCUT2D eigenvalue weighted by atomic mass is 9.88. The van der Waals surface area contributed by atoms with Gasteiger partial charge in [-0.1, -0.05) is 20.8 Å². The third-order valence-electron chi connectivity index (χ3n) is 3.67. The van der Waals surface area contributed by atoms with Crippen molar-refractivity contribution in [3.05, 3.63) is 0 Å². The predicted molar refractivity (Wildman–Crippen MR) is 65.1 cm³/mol. The molecule has 0 amide bonds. The van der Waals surface area contributed by atoms with Crippen LogP contribution >= 0.6 is 0 Å². The van der Waals surface area contributed by atoms with Gasteiger partial charge in [-0.15, -0.1) is 0 Å². The van der Waals surface area contributed by atoms with E-state index in [-0.39, 0.29) is 5.41 Å². The molecular weight excluding hydrogens is 186 g/mol. The molecule has 3 N–H and O–H groups in total. The van der Waals surface area contributed by atoms with Crippen LogP contribution in [0.5, 0.6) is 0 Å². The summed E-state index contributed by atoms with van der Waals surface area (Å²) < 4.78 is 0. The lowest BCUT2D eigenvalue weighted by molar-refractivity contribution is 0.277. The van der Waals surface area contributed by atoms with Gasteiger partial charge >= 0.3 is 0 Å². The molecule has 1 rings (SSSR count). The van der Waals surface area contributed by atoms with Gasteiger partial charge in [-0.2, -0.15) is 0 Å². The normalized spacial score (nSPS) is 25.7. The van der Waals surface area contributed by atoms with Crippen molar-refractivity contribution < 1.29 is 0 Å². The van der Waals surface area contributed by atoms with E-state index in [2.05, 4.69) is 18.9 Å². The van der Waals surface area contributed by atoms with E-state index in [4.69, 9.17) is 11.1 Å². The summed E-state index contributed by atoms with van der Waals surface area (Å²) in [4.78, 5) is 2.37. The van der Waals surface area contributed by atoms with Crippen molar-refractivity contribution in [3.8, 4) is 0 Å². The van der Waals surface area contributed by atoms with Crippen LogP contribution in [0.4, 0.5) is 0 Å². The minimum atomic E-state index is -0.149. The third kappa shape index (κ3) is 3.82. The molecule has 3 nitrogen and oxygen atoms in total. The predicted octanol–water partition coefficient (Wildman–Crippen LogP) is 1.93. The van der Waals surface area contributed by atoms with Crippen LogP contribution in [0.25, 0.3) is 0 Å². The Labute approximate surface area is 93.5 Å². The summed E-state index contributed by atoms with van der Waals surface area (Å²) in [6, 6.07) is 0. The van der Waals surface area contributed by atoms with Crippen LogP contribution in [0.1, 0.15) is 33.6 Å². The molecule has 2 unspecified atom stereocenters. The maximum Gasteiger partial charge on any atom is 0.0963 e. The summed E-state index contributed by atoms with van der Waals surface area (Å²) in [5.41, 5.74) is 5.41. The maximum absolute atomic E-state index is 7.49. The Hall–Kier alpha value is -0.570. The summed E-state index contributed by atoms with van der Waals surface area (Å²) >= 11 is 0. The van der Waals surface area contributed by atoms with Crippen LogP contribution in [-0.2, 0) is 0 Å². The molecule has 0 spiro atoms. The Morgan fingerprint density at radius 1 is 1.53 bits per heavy atom. The minimum absolute atomic E-state index is 0.149. The highest BCUT2D eigenvalue weighted by Gasteiger charge is 2.33. The first kappa shape index (κ1) is 12.5. The van der Waals surface area contributed by atoms with Crippen molar-refractivity contribution in [3.63, 3.8) is 0 Å². The Bertz CT molecular complexity index is 235. The minimum Gasteiger partial charge on any atom is -0.387 e. The van der Waals surface area contributed by atoms with Crippen LogP contribution in [0.2, 0.25) is 0 Å². The van der Waals surface area contributed by atoms with E-state index >= 15 is 0 Å². The summed E-state index contributed by atoms with van der Waals surface area (Å²) in [6.07, 6.45) is 2.36. The van der Waals surface area contributed by atoms with Gasteiger partial charge in [0.1, 0.15) is 0 Å². The SMILES string of the molecule is CC1CC1CN(C)CCC(C)(C)C(=N)N. The second-order valence-corrected chi connectivity index (χ2v) is 5.78. The first-order chi connectivity index (χ1) is 6.83. The first-order valence-corrected chi connectivity index (χ1v) is 5.86. The summed E-state index contributed by atoms with van der Waals surface area (Å²) in [6.45, 7) is 8.65. The number of nitrogens with zero attached hydrogens (tertiary/aromatic N) is 1. The van der Waals surface area contributed by atoms with E-state index in [1.807, 2.05) is 13.8 Å². The zero-order valence-electron chi connectivity index (χ0n) is 10.5. The first-order valence-electron chi connectivity index (χ1n) is 5.86. The lowest BCUT2D eigenvalue weighted by Crippen LogP contribution is -2.35. The monoisotopic (exact) mass is 211 g/mol. The van der Waals surface area contributed by atoms with E-state index < -0.39 is 0 Å². The molecule has 1 aliphatic rings. The van der Waals surface area contributed by atoms with Gasteiger partial charge in [0.15, 0.2) is 0 Å². The van der Waals surface area contributed by atoms with Gasteiger partial charge in [-0.25, -0.2) is 0 Å². The number of amidine groups is 1. The van der Waals surface area contributed by atoms with Crippen LogP contribution in [0, 0.1) is 22.7 Å². The number of nitrogens with two attached hydrogens (primary N) is 1. The largest absolute Gasteiger partial charge is 0.387 e. The van der Waals surface area contributed by atoms with Crippen molar-refractivity contribution in [2.45, 2.75) is 33.6 Å². The fourth-order valence-corrected chi connectivity index (χ4v) is 1.75. The van der Waals surface area contributed by atoms with Gasteiger partial charge < -0.3 is 10.6 Å². The van der Waals surface area contributed by atoms with Crippen LogP contribution in [0.3, 0.4) is 0 Å². The molecule has 0 aromatic heterocycles. The smallest absolute Gasteiger partial charge is 0.0963 e. The number of hydrogen-bond acceptors (Lipinski definition) is 2. The summed E-state index contributed by atoms with van der Waals surface area (Å²) in [7, 11) is 2.17. The second kappa shape index (κ2) is 4.52. The molecule has 0 aromatic carbocycles. The second-order valence-electron chi connectivity index (χ2n) is 5.78. The zero-order valence-corrected chi connectivity index (χ0v) is 10.5. The highest BCUT2D eigenvalue weighted by Crippen LogP contribution is 2.38. The van der Waals surface area contributed by atoms with Gasteiger partial charge in [-0.05, 0) is 38.3 Å². The topological polar surface area (TPSA) is 53.1 Å². The van der Waals surface area contributed by atoms with E-state index in [0.29, 0.717) is 5.84 Å². The van der Waals surface area contributed by atoms with Crippen molar-refractivity contribution in [2.75, 3.05) is 20.1 Å². The molecule has 0 bridgehead atoms. The van der Waals surface area contributed by atoms with E-state index in [9.17, 15) is 0 Å². The molecule has 0 aromatic rings. The number of rotatable bonds is 6. The van der Waals surface area contributed by atoms with E-state index in [1.165, 1.54) is 13.0 Å². The van der Waals surface area contributed by atoms with E-state index in [1.54, 1.807) is 0 Å². The van der Waals surface area contributed by atoms with Crippen molar-refractivity contribution >= 4 is 5.84 Å². The van der Waals surface area contributed by atoms with Gasteiger partial charge in [0.05, 0.1) is 5.84 Å². The highest BCUT2D eigenvalue weighted by molar-refractivity contribution is 5.82. The number of nitrogens with one attached hydrogen (secondary N) is 1. The molecule has 1 saturated carbocycles. The Morgan fingerprint density at radius 2 is 2.07 bits per heavy atom. The van der Waals surface area contributed by atoms with Crippen LogP contribution in [0.15, 0.2) is 0 Å². The zero-order chi connectivity index (χ0) is 11.6. The van der Waals surface area contributed by atoms with E-state index in [0.717, 1.165) is 24.8 Å². The molecule has 15 heavy (non-hydrogen) atoms. The quantitative estimate of drug-likeness (QED) is 0.521. The van der Waals surface area contributed by atoms with Crippen molar-refractivity contribution in [1.82, 2.24) is 4.90 Å². The van der Waals surface area contributed by atoms with Crippen molar-refractivity contribution in [2.24, 2.45) is 23.0 Å². The molecule has 88 valence electrons. The molecule has 1 aliphatic carbocycles. The summed E-state index contributed by atoms with van der Waals surface area (Å²) in [5, 5.41) is 7.49. The van der Waals surface area contributed by atoms with Crippen molar-refractivity contribution in [1.29, 1.82) is 5.41 Å². The molecule has 0 aliphatic heterocycles. The fourth-order valence-electron chi connectivity index (χ4n) is 1.75. The molecule has 0 heterocycles. The fraction of sp³-hybridized carbons (Fsp3) is 0.917. The number of hydrogen-bond donors (Lipinski definition) is 2. The molecule has 0 radical (unpaired) electrons. The Morgan fingerprint density at radius 3 is 2.47 bits per heavy atom. The van der Waals surface area contributed by atoms with Gasteiger partial charge in [0.25, 0.3) is 0 Å². The van der Waals surface area contributed by atoms with Gasteiger partial charge in [-0.3, -0.25) is 5.41 Å². The Balaban J connectivity index is 2.21. The van der Waals surface area contributed by atoms with Crippen LogP contribution < -0.4 is 5.73 Å². The van der Waals surface area contributed by atoms with Crippen LogP contribution in [-0.4, -0.2) is 30.9 Å². The molecule has 2 atom stereocenters. The third-order valence-corrected chi connectivity index (χ3v) is 3.67. The lowest BCUT2D eigenvalue weighted by Gasteiger charge is -2.26. The highest BCUT2D eigenvalue weighted by atomic mass is 15.1. The average molecular weight is 211 g/mol. The maximum atomic E-state index is 7.49. The standard InChI is InChI=1S/C12H25N3/c1-9-7-10(9)8-15(4)6-5-12(2,3)11(13)14/h9-10H,5-8H2,1-4H3,(H3,13,14). The summed E-state index contributed by atoms with van der Waals surface area (Å²) in [5.74, 6) is 2.14. The van der Waals surface area contributed by atoms with Gasteiger partial charge in [0.2, 0.25) is 0 Å². The molecule has 0 saturated heterocycles. The molecule has 1 fully saturated rings.